The van der Waals surface area contributed by atoms with Gasteiger partial charge in [-0.25, -0.2) is 9.59 Å². The first-order chi connectivity index (χ1) is 15.7. The molecular formula is C25H32N2O6. The van der Waals surface area contributed by atoms with Gasteiger partial charge >= 0.3 is 12.1 Å². The highest BCUT2D eigenvalue weighted by molar-refractivity contribution is 5.89. The molecule has 0 bridgehead atoms. The van der Waals surface area contributed by atoms with Crippen LogP contribution in [0.3, 0.4) is 0 Å². The molecule has 178 valence electrons. The van der Waals surface area contributed by atoms with Crippen molar-refractivity contribution >= 4 is 12.1 Å². The first-order valence-electron chi connectivity index (χ1n) is 11.2. The highest BCUT2D eigenvalue weighted by Crippen LogP contribution is 2.18. The summed E-state index contributed by atoms with van der Waals surface area (Å²) in [7, 11) is 1.33. The minimum Gasteiger partial charge on any atom is -0.465 e. The van der Waals surface area contributed by atoms with Crippen LogP contribution in [0, 0.1) is 0 Å². The number of pyridine rings is 1. The number of ether oxygens (including phenoxy) is 3. The molecular weight excluding hydrogens is 424 g/mol. The number of hydrogen-bond donors (Lipinski definition) is 0. The number of carbonyl (C=O) groups is 2. The van der Waals surface area contributed by atoms with E-state index in [0.717, 1.165) is 18.4 Å². The van der Waals surface area contributed by atoms with Crippen molar-refractivity contribution in [1.29, 1.82) is 0 Å². The second-order valence-electron chi connectivity index (χ2n) is 9.03. The molecule has 1 aliphatic rings. The highest BCUT2D eigenvalue weighted by atomic mass is 16.6. The number of aromatic nitrogens is 1. The number of likely N-dealkylation sites (tertiary alicyclic amines) is 1. The van der Waals surface area contributed by atoms with Gasteiger partial charge < -0.3 is 23.7 Å². The zero-order chi connectivity index (χ0) is 24.0. The van der Waals surface area contributed by atoms with Gasteiger partial charge in [-0.2, -0.15) is 0 Å². The second kappa shape index (κ2) is 10.7. The van der Waals surface area contributed by atoms with Gasteiger partial charge in [0.2, 0.25) is 0 Å². The molecule has 8 heteroatoms. The number of rotatable bonds is 6. The minimum atomic E-state index is -0.504. The molecule has 8 nitrogen and oxygen atoms in total. The lowest BCUT2D eigenvalue weighted by molar-refractivity contribution is -0.0132. The van der Waals surface area contributed by atoms with Crippen molar-refractivity contribution in [2.45, 2.75) is 51.9 Å². The topological polar surface area (TPSA) is 87.1 Å². The molecule has 1 aromatic heterocycles. The fraction of sp³-hybridized carbons (Fsp3) is 0.480. The third-order valence-corrected chi connectivity index (χ3v) is 5.42. The Morgan fingerprint density at radius 2 is 1.73 bits per heavy atom. The summed E-state index contributed by atoms with van der Waals surface area (Å²) in [6, 6.07) is 10.4. The van der Waals surface area contributed by atoms with E-state index in [0.29, 0.717) is 37.4 Å². The zero-order valence-electron chi connectivity index (χ0n) is 19.7. The Bertz CT molecular complexity index is 1010. The Kier molecular flexibility index (Phi) is 7.92. The summed E-state index contributed by atoms with van der Waals surface area (Å²) < 4.78 is 17.7. The van der Waals surface area contributed by atoms with Crippen molar-refractivity contribution in [2.24, 2.45) is 0 Å². The third kappa shape index (κ3) is 6.68. The van der Waals surface area contributed by atoms with Crippen LogP contribution in [0.4, 0.5) is 4.79 Å². The van der Waals surface area contributed by atoms with Crippen molar-refractivity contribution in [3.8, 4) is 11.1 Å². The molecule has 33 heavy (non-hydrogen) atoms. The van der Waals surface area contributed by atoms with Crippen molar-refractivity contribution in [1.82, 2.24) is 9.47 Å². The van der Waals surface area contributed by atoms with E-state index in [-0.39, 0.29) is 17.8 Å². The molecule has 0 unspecified atom stereocenters. The number of esters is 1. The lowest BCUT2D eigenvalue weighted by atomic mass is 10.1. The van der Waals surface area contributed by atoms with E-state index in [1.165, 1.54) is 7.11 Å². The molecule has 0 radical (unpaired) electrons. The van der Waals surface area contributed by atoms with Crippen LogP contribution in [0.5, 0.6) is 0 Å². The molecule has 3 rings (SSSR count). The number of piperidine rings is 1. The summed E-state index contributed by atoms with van der Waals surface area (Å²) in [5, 5.41) is 0. The molecule has 1 aromatic carbocycles. The lowest BCUT2D eigenvalue weighted by Gasteiger charge is -2.33. The molecule has 1 fully saturated rings. The molecule has 2 heterocycles. The van der Waals surface area contributed by atoms with Gasteiger partial charge in [0.05, 0.1) is 25.4 Å². The number of amides is 1. The Balaban J connectivity index is 1.52. The van der Waals surface area contributed by atoms with Gasteiger partial charge in [0.1, 0.15) is 5.60 Å². The van der Waals surface area contributed by atoms with Gasteiger partial charge in [0.25, 0.3) is 5.56 Å². The number of methoxy groups -OCH3 is 1. The van der Waals surface area contributed by atoms with E-state index < -0.39 is 11.6 Å². The average Bonchev–Trinajstić information content (AvgIpc) is 2.79. The van der Waals surface area contributed by atoms with E-state index in [4.69, 9.17) is 14.2 Å². The number of hydrogen-bond acceptors (Lipinski definition) is 6. The van der Waals surface area contributed by atoms with Gasteiger partial charge in [-0.3, -0.25) is 4.79 Å². The molecule has 0 N–H and O–H groups in total. The quantitative estimate of drug-likeness (QED) is 0.616. The molecule has 1 aliphatic heterocycles. The van der Waals surface area contributed by atoms with Crippen molar-refractivity contribution < 1.29 is 23.8 Å². The Morgan fingerprint density at radius 1 is 1.06 bits per heavy atom. The SMILES string of the molecule is COC(=O)c1ccc(-c2cccn(CCOC3CCN(C(=O)OC(C)(C)C)CC3)c2=O)cc1. The normalized spacial score (nSPS) is 14.7. The Hall–Kier alpha value is -3.13. The van der Waals surface area contributed by atoms with Crippen LogP contribution in [0.1, 0.15) is 44.0 Å². The summed E-state index contributed by atoms with van der Waals surface area (Å²) >= 11 is 0. The van der Waals surface area contributed by atoms with Crippen molar-refractivity contribution in [3.05, 3.63) is 58.5 Å². The van der Waals surface area contributed by atoms with E-state index in [1.54, 1.807) is 46.0 Å². The maximum Gasteiger partial charge on any atom is 0.410 e. The summed E-state index contributed by atoms with van der Waals surface area (Å²) in [6.07, 6.45) is 2.97. The van der Waals surface area contributed by atoms with Gasteiger partial charge in [0, 0.05) is 31.4 Å². The smallest absolute Gasteiger partial charge is 0.410 e. The van der Waals surface area contributed by atoms with Crippen LogP contribution in [0.25, 0.3) is 11.1 Å². The predicted molar refractivity (Wildman–Crippen MR) is 124 cm³/mol. The van der Waals surface area contributed by atoms with Gasteiger partial charge in [-0.05, 0) is 63.4 Å². The molecule has 0 aliphatic carbocycles. The Morgan fingerprint density at radius 3 is 2.33 bits per heavy atom. The highest BCUT2D eigenvalue weighted by Gasteiger charge is 2.27. The zero-order valence-corrected chi connectivity index (χ0v) is 19.7. The maximum absolute atomic E-state index is 12.9. The van der Waals surface area contributed by atoms with Crippen LogP contribution in [-0.2, 0) is 20.8 Å². The lowest BCUT2D eigenvalue weighted by Crippen LogP contribution is -2.43. The standard InChI is InChI=1S/C25H32N2O6/c1-25(2,3)33-24(30)27-14-11-20(12-15-27)32-17-16-26-13-5-6-21(22(26)28)18-7-9-19(10-8-18)23(29)31-4/h5-10,13,20H,11-12,14-17H2,1-4H3. The summed E-state index contributed by atoms with van der Waals surface area (Å²) in [5.41, 5.74) is 1.10. The maximum atomic E-state index is 12.9. The van der Waals surface area contributed by atoms with E-state index >= 15 is 0 Å². The summed E-state index contributed by atoms with van der Waals surface area (Å²) in [5.74, 6) is -0.416. The van der Waals surface area contributed by atoms with Crippen LogP contribution < -0.4 is 5.56 Å². The van der Waals surface area contributed by atoms with Crippen LogP contribution in [0.2, 0.25) is 0 Å². The summed E-state index contributed by atoms with van der Waals surface area (Å²) in [6.45, 7) is 7.59. The van der Waals surface area contributed by atoms with E-state index in [1.807, 2.05) is 26.8 Å². The fourth-order valence-corrected chi connectivity index (χ4v) is 3.69. The average molecular weight is 457 g/mol. The van der Waals surface area contributed by atoms with Crippen LogP contribution in [0.15, 0.2) is 47.4 Å². The second-order valence-corrected chi connectivity index (χ2v) is 9.03. The molecule has 1 amide bonds. The third-order valence-electron chi connectivity index (χ3n) is 5.42. The largest absolute Gasteiger partial charge is 0.465 e. The molecule has 0 saturated carbocycles. The van der Waals surface area contributed by atoms with Gasteiger partial charge in [-0.15, -0.1) is 0 Å². The van der Waals surface area contributed by atoms with Crippen molar-refractivity contribution in [3.63, 3.8) is 0 Å². The molecule has 1 saturated heterocycles. The van der Waals surface area contributed by atoms with E-state index in [2.05, 4.69) is 0 Å². The summed E-state index contributed by atoms with van der Waals surface area (Å²) in [4.78, 5) is 38.4. The van der Waals surface area contributed by atoms with Crippen LogP contribution in [-0.4, -0.2) is 60.0 Å². The minimum absolute atomic E-state index is 0.0495. The monoisotopic (exact) mass is 456 g/mol. The fourth-order valence-electron chi connectivity index (χ4n) is 3.69. The first-order valence-corrected chi connectivity index (χ1v) is 11.2. The molecule has 2 aromatic rings. The van der Waals surface area contributed by atoms with Crippen LogP contribution >= 0.6 is 0 Å². The number of nitrogens with zero attached hydrogens (tertiary/aromatic N) is 2. The first kappa shape index (κ1) is 24.5. The van der Waals surface area contributed by atoms with Gasteiger partial charge in [0.15, 0.2) is 0 Å². The number of benzene rings is 1. The van der Waals surface area contributed by atoms with E-state index in [9.17, 15) is 14.4 Å². The van der Waals surface area contributed by atoms with Gasteiger partial charge in [-0.1, -0.05) is 12.1 Å². The predicted octanol–water partition coefficient (Wildman–Crippen LogP) is 3.72. The number of carbonyl (C=O) groups excluding carboxylic acids is 2. The van der Waals surface area contributed by atoms with Crippen molar-refractivity contribution in [2.75, 3.05) is 26.8 Å². The Labute approximate surface area is 194 Å². The molecule has 0 atom stereocenters. The molecule has 0 spiro atoms.